The van der Waals surface area contributed by atoms with E-state index in [0.717, 1.165) is 17.8 Å². The summed E-state index contributed by atoms with van der Waals surface area (Å²) in [7, 11) is 0. The number of amides is 1. The molecule has 5 heteroatoms. The molecule has 1 aromatic carbocycles. The van der Waals surface area contributed by atoms with Gasteiger partial charge in [0.2, 0.25) is 5.91 Å². The molecule has 0 radical (unpaired) electrons. The fraction of sp³-hybridized carbons (Fsp3) is 0.462. The van der Waals surface area contributed by atoms with Gasteiger partial charge in [0.05, 0.1) is 17.3 Å². The summed E-state index contributed by atoms with van der Waals surface area (Å²) in [5.74, 6) is -0.00366. The predicted molar refractivity (Wildman–Crippen MR) is 71.8 cm³/mol. The Morgan fingerprint density at radius 2 is 2.22 bits per heavy atom. The van der Waals surface area contributed by atoms with E-state index in [1.165, 1.54) is 0 Å². The first-order valence-electron chi connectivity index (χ1n) is 5.92. The fourth-order valence-corrected chi connectivity index (χ4v) is 2.49. The van der Waals surface area contributed by atoms with Crippen LogP contribution in [0.5, 0.6) is 0 Å². The number of carbonyl (C=O) groups excluding carboxylic acids is 1. The fourth-order valence-electron chi connectivity index (χ4n) is 2.19. The van der Waals surface area contributed by atoms with Crippen LogP contribution in [0, 0.1) is 0 Å². The number of nitrogens with zero attached hydrogens (tertiary/aromatic N) is 1. The van der Waals surface area contributed by atoms with E-state index in [9.17, 15) is 4.79 Å². The summed E-state index contributed by atoms with van der Waals surface area (Å²) >= 11 is 6.23. The highest BCUT2D eigenvalue weighted by Crippen LogP contribution is 2.33. The van der Waals surface area contributed by atoms with Crippen molar-refractivity contribution >= 4 is 23.2 Å². The van der Waals surface area contributed by atoms with E-state index in [-0.39, 0.29) is 12.5 Å². The van der Waals surface area contributed by atoms with Crippen LogP contribution in [-0.4, -0.2) is 29.6 Å². The summed E-state index contributed by atoms with van der Waals surface area (Å²) in [6.45, 7) is 5.04. The smallest absolute Gasteiger partial charge is 0.245 e. The summed E-state index contributed by atoms with van der Waals surface area (Å²) in [5, 5.41) is 12.5. The molecule has 0 saturated carbocycles. The first-order chi connectivity index (χ1) is 8.46. The Labute approximate surface area is 112 Å². The lowest BCUT2D eigenvalue weighted by atomic mass is 9.97. The Bertz CT molecular complexity index is 474. The number of benzene rings is 1. The summed E-state index contributed by atoms with van der Waals surface area (Å²) in [6.07, 6.45) is 0. The number of carbonyl (C=O) groups is 1. The molecule has 98 valence electrons. The largest absolute Gasteiger partial charge is 0.392 e. The number of rotatable bonds is 2. The van der Waals surface area contributed by atoms with Crippen molar-refractivity contribution in [3.63, 3.8) is 0 Å². The van der Waals surface area contributed by atoms with Crippen molar-refractivity contribution in [2.75, 3.05) is 18.0 Å². The molecule has 1 heterocycles. The Morgan fingerprint density at radius 3 is 2.83 bits per heavy atom. The van der Waals surface area contributed by atoms with Crippen molar-refractivity contribution in [2.24, 2.45) is 0 Å². The van der Waals surface area contributed by atoms with Crippen LogP contribution in [0.2, 0.25) is 5.02 Å². The van der Waals surface area contributed by atoms with Gasteiger partial charge >= 0.3 is 0 Å². The number of halogens is 1. The van der Waals surface area contributed by atoms with Gasteiger partial charge in [0, 0.05) is 13.1 Å². The van der Waals surface area contributed by atoms with Crippen LogP contribution in [0.15, 0.2) is 18.2 Å². The van der Waals surface area contributed by atoms with Crippen LogP contribution >= 0.6 is 11.6 Å². The molecule has 1 aliphatic heterocycles. The minimum atomic E-state index is -0.622. The lowest BCUT2D eigenvalue weighted by Crippen LogP contribution is -2.62. The van der Waals surface area contributed by atoms with E-state index in [1.54, 1.807) is 6.07 Å². The second-order valence-electron chi connectivity index (χ2n) is 4.91. The molecule has 0 atom stereocenters. The van der Waals surface area contributed by atoms with Crippen LogP contribution < -0.4 is 10.2 Å². The zero-order valence-corrected chi connectivity index (χ0v) is 11.3. The zero-order valence-electron chi connectivity index (χ0n) is 10.5. The second kappa shape index (κ2) is 4.78. The number of hydrogen-bond acceptors (Lipinski definition) is 3. The second-order valence-corrected chi connectivity index (χ2v) is 5.32. The van der Waals surface area contributed by atoms with Gasteiger partial charge in [0.15, 0.2) is 0 Å². The van der Waals surface area contributed by atoms with Crippen LogP contribution in [0.4, 0.5) is 5.69 Å². The molecule has 2 rings (SSSR count). The van der Waals surface area contributed by atoms with E-state index in [1.807, 2.05) is 30.9 Å². The highest BCUT2D eigenvalue weighted by molar-refractivity contribution is 6.33. The number of hydrogen-bond donors (Lipinski definition) is 2. The molecule has 1 aromatic rings. The third kappa shape index (κ3) is 2.18. The number of nitrogens with one attached hydrogen (secondary N) is 1. The van der Waals surface area contributed by atoms with Gasteiger partial charge in [-0.1, -0.05) is 17.7 Å². The van der Waals surface area contributed by atoms with Gasteiger partial charge in [0.1, 0.15) is 5.54 Å². The van der Waals surface area contributed by atoms with E-state index in [0.29, 0.717) is 11.6 Å². The monoisotopic (exact) mass is 268 g/mol. The molecule has 18 heavy (non-hydrogen) atoms. The van der Waals surface area contributed by atoms with Crippen molar-refractivity contribution in [2.45, 2.75) is 26.0 Å². The summed E-state index contributed by atoms with van der Waals surface area (Å²) in [4.78, 5) is 13.9. The van der Waals surface area contributed by atoms with Gasteiger partial charge in [-0.25, -0.2) is 0 Å². The number of piperazine rings is 1. The van der Waals surface area contributed by atoms with Crippen LogP contribution in [-0.2, 0) is 11.4 Å². The van der Waals surface area contributed by atoms with Crippen LogP contribution in [0.25, 0.3) is 0 Å². The molecule has 2 N–H and O–H groups in total. The summed E-state index contributed by atoms with van der Waals surface area (Å²) in [5.41, 5.74) is 0.972. The maximum Gasteiger partial charge on any atom is 0.245 e. The molecule has 1 saturated heterocycles. The maximum atomic E-state index is 11.9. The molecule has 4 nitrogen and oxygen atoms in total. The Balaban J connectivity index is 2.38. The highest BCUT2D eigenvalue weighted by Gasteiger charge is 2.38. The van der Waals surface area contributed by atoms with E-state index in [4.69, 9.17) is 16.7 Å². The average Bonchev–Trinajstić information content (AvgIpc) is 2.33. The molecule has 1 fully saturated rings. The molecule has 1 amide bonds. The van der Waals surface area contributed by atoms with Gasteiger partial charge in [0.25, 0.3) is 0 Å². The predicted octanol–water partition coefficient (Wildman–Crippen LogP) is 1.55. The van der Waals surface area contributed by atoms with E-state index >= 15 is 0 Å². The Hall–Kier alpha value is -1.26. The molecule has 1 aliphatic rings. The topological polar surface area (TPSA) is 52.6 Å². The molecule has 0 aromatic heterocycles. The quantitative estimate of drug-likeness (QED) is 0.856. The van der Waals surface area contributed by atoms with Gasteiger partial charge in [-0.3, -0.25) is 4.79 Å². The first-order valence-corrected chi connectivity index (χ1v) is 6.30. The molecule has 0 spiro atoms. The maximum absolute atomic E-state index is 11.9. The lowest BCUT2D eigenvalue weighted by Gasteiger charge is -2.43. The molecular formula is C13H17ClN2O2. The summed E-state index contributed by atoms with van der Waals surface area (Å²) < 4.78 is 0. The van der Waals surface area contributed by atoms with Crippen LogP contribution in [0.3, 0.4) is 0 Å². The van der Waals surface area contributed by atoms with Gasteiger partial charge in [-0.05, 0) is 31.5 Å². The van der Waals surface area contributed by atoms with Crippen molar-refractivity contribution in [1.29, 1.82) is 0 Å². The third-order valence-electron chi connectivity index (χ3n) is 3.34. The van der Waals surface area contributed by atoms with Crippen LogP contribution in [0.1, 0.15) is 19.4 Å². The number of aliphatic hydroxyl groups is 1. The number of anilines is 1. The minimum absolute atomic E-state index is 0.00366. The normalized spacial score (nSPS) is 18.7. The van der Waals surface area contributed by atoms with Crippen molar-refractivity contribution in [1.82, 2.24) is 5.32 Å². The Kier molecular flexibility index (Phi) is 3.50. The minimum Gasteiger partial charge on any atom is -0.392 e. The zero-order chi connectivity index (χ0) is 13.3. The Morgan fingerprint density at radius 1 is 1.50 bits per heavy atom. The third-order valence-corrected chi connectivity index (χ3v) is 3.64. The molecule has 0 bridgehead atoms. The molecule has 0 aliphatic carbocycles. The van der Waals surface area contributed by atoms with E-state index in [2.05, 4.69) is 5.32 Å². The van der Waals surface area contributed by atoms with Gasteiger partial charge < -0.3 is 15.3 Å². The van der Waals surface area contributed by atoms with Crippen molar-refractivity contribution in [3.8, 4) is 0 Å². The average molecular weight is 269 g/mol. The van der Waals surface area contributed by atoms with Crippen molar-refractivity contribution in [3.05, 3.63) is 28.8 Å². The van der Waals surface area contributed by atoms with Crippen molar-refractivity contribution < 1.29 is 9.90 Å². The SMILES string of the molecule is CC1(C)C(=O)NCCN1c1ccc(CO)cc1Cl. The van der Waals surface area contributed by atoms with Gasteiger partial charge in [-0.15, -0.1) is 0 Å². The summed E-state index contributed by atoms with van der Waals surface area (Å²) in [6, 6.07) is 5.41. The lowest BCUT2D eigenvalue weighted by molar-refractivity contribution is -0.126. The molecule has 0 unspecified atom stereocenters. The molecular weight excluding hydrogens is 252 g/mol. The van der Waals surface area contributed by atoms with Gasteiger partial charge in [-0.2, -0.15) is 0 Å². The van der Waals surface area contributed by atoms with E-state index < -0.39 is 5.54 Å². The first kappa shape index (κ1) is 13.2. The highest BCUT2D eigenvalue weighted by atomic mass is 35.5. The number of aliphatic hydroxyl groups excluding tert-OH is 1. The standard InChI is InChI=1S/C13H17ClN2O2/c1-13(2)12(18)15-5-6-16(13)11-4-3-9(8-17)7-10(11)14/h3-4,7,17H,5-6,8H2,1-2H3,(H,15,18).